The van der Waals surface area contributed by atoms with Crippen molar-refractivity contribution in [2.24, 2.45) is 0 Å². The molecule has 0 aliphatic heterocycles. The quantitative estimate of drug-likeness (QED) is 0.0420. The van der Waals surface area contributed by atoms with E-state index in [4.69, 9.17) is 75.8 Å². The van der Waals surface area contributed by atoms with E-state index in [0.29, 0.717) is 159 Å². The van der Waals surface area contributed by atoms with Crippen LogP contribution in [0.25, 0.3) is 0 Å². The Balaban J connectivity index is -0.0000000291. The zero-order valence-electron chi connectivity index (χ0n) is 50.3. The van der Waals surface area contributed by atoms with E-state index < -0.39 is 0 Å². The first-order valence-electron chi connectivity index (χ1n) is 27.2. The fraction of sp³-hybridized carbons (Fsp3) is 0.945. The average molecular weight is 1560 g/mol. The molecule has 0 aliphatic rings. The van der Waals surface area contributed by atoms with Gasteiger partial charge in [0.05, 0.1) is 155 Å². The molecule has 0 rings (SSSR count). The van der Waals surface area contributed by atoms with Gasteiger partial charge in [-0.2, -0.15) is 0 Å². The number of hydrogen-bond acceptors (Lipinski definition) is 16. The van der Waals surface area contributed by atoms with Gasteiger partial charge in [0.2, 0.25) is 0 Å². The Morgan fingerprint density at radius 1 is 0.178 bits per heavy atom. The maximum atomic E-state index is 5.34. The standard InChI is InChI=1S/4C13H27O4.C4H10.17CH4.U/c4*1-12(2)16-10-8-14-6-5-7-15-9-11-17-13(3)4;1-3-4-2;;;;;;;;;;;;;;;;;;/h4*5,12-13H,6-11H2,1-4H3;3-4H2,1-2H3;17*1H4;/q4*-1;;;;;;;;;;;;;;;;;;;+4. The zero-order chi connectivity index (χ0) is 55.1. The summed E-state index contributed by atoms with van der Waals surface area (Å²) in [5.41, 5.74) is 0. The molecule has 16 nitrogen and oxygen atoms in total. The first-order valence-corrected chi connectivity index (χ1v) is 27.2. The van der Waals surface area contributed by atoms with E-state index in [2.05, 4.69) is 13.8 Å². The van der Waals surface area contributed by atoms with Gasteiger partial charge in [0.15, 0.2) is 0 Å². The Kier molecular flexibility index (Phi) is 249. The van der Waals surface area contributed by atoms with Crippen molar-refractivity contribution in [2.45, 2.75) is 313 Å². The summed E-state index contributed by atoms with van der Waals surface area (Å²) in [6, 6.07) is 0. The fourth-order valence-electron chi connectivity index (χ4n) is 4.27. The fourth-order valence-corrected chi connectivity index (χ4v) is 4.27. The summed E-state index contributed by atoms with van der Waals surface area (Å²) in [6.45, 7) is 51.6. The average Bonchev–Trinajstić information content (AvgIpc) is 3.31. The minimum absolute atomic E-state index is 0. The summed E-state index contributed by atoms with van der Waals surface area (Å²) in [5.74, 6) is 0. The smallest absolute Gasteiger partial charge is 0.411 e. The summed E-state index contributed by atoms with van der Waals surface area (Å²) in [5, 5.41) is 0. The molecule has 0 amide bonds. The minimum Gasteiger partial charge on any atom is -0.411 e. The van der Waals surface area contributed by atoms with Gasteiger partial charge in [-0.25, -0.2) is 0 Å². The van der Waals surface area contributed by atoms with E-state index in [1.54, 1.807) is 0 Å². The second kappa shape index (κ2) is 141. The summed E-state index contributed by atoms with van der Waals surface area (Å²) in [7, 11) is 0. The van der Waals surface area contributed by atoms with Crippen molar-refractivity contribution in [3.8, 4) is 0 Å². The largest absolute Gasteiger partial charge is 4.00 e. The molecule has 17 heteroatoms. The van der Waals surface area contributed by atoms with Crippen LogP contribution in [0.5, 0.6) is 0 Å². The molecule has 0 aromatic carbocycles. The van der Waals surface area contributed by atoms with Gasteiger partial charge >= 0.3 is 31.1 Å². The Morgan fingerprint density at radius 3 is 0.333 bits per heavy atom. The first-order chi connectivity index (χ1) is 34.4. The van der Waals surface area contributed by atoms with Gasteiger partial charge in [-0.3, -0.25) is 25.7 Å². The summed E-state index contributed by atoms with van der Waals surface area (Å²) in [4.78, 5) is 0. The van der Waals surface area contributed by atoms with Gasteiger partial charge in [-0.15, -0.1) is 0 Å². The van der Waals surface area contributed by atoms with E-state index in [9.17, 15) is 0 Å². The monoisotopic (exact) mass is 1560 g/mol. The summed E-state index contributed by atoms with van der Waals surface area (Å²) in [6.07, 6.45) is 12.7. The van der Waals surface area contributed by atoms with Crippen LogP contribution in [-0.2, 0) is 75.8 Å². The van der Waals surface area contributed by atoms with Crippen molar-refractivity contribution < 1.29 is 107 Å². The maximum absolute atomic E-state index is 5.34. The van der Waals surface area contributed by atoms with Crippen molar-refractivity contribution in [3.63, 3.8) is 0 Å². The molecule has 0 unspecified atom stereocenters. The second-order valence-corrected chi connectivity index (χ2v) is 18.1. The molecule has 0 aromatic heterocycles. The number of hydrogen-bond donors (Lipinski definition) is 0. The zero-order valence-corrected chi connectivity index (χ0v) is 54.5. The predicted molar refractivity (Wildman–Crippen MR) is 407 cm³/mol. The van der Waals surface area contributed by atoms with Crippen molar-refractivity contribution in [2.75, 3.05) is 159 Å². The molecule has 0 aromatic rings. The minimum atomic E-state index is 0. The van der Waals surface area contributed by atoms with E-state index in [1.807, 2.05) is 136 Å². The third kappa shape index (κ3) is 205. The van der Waals surface area contributed by atoms with Gasteiger partial charge in [-0.1, -0.05) is 206 Å². The van der Waals surface area contributed by atoms with E-state index >= 15 is 0 Å². The Hall–Kier alpha value is 0.412. The topological polar surface area (TPSA) is 148 Å². The Labute approximate surface area is 600 Å². The van der Waals surface area contributed by atoms with Gasteiger partial charge in [-0.05, 0) is 111 Å². The van der Waals surface area contributed by atoms with Crippen LogP contribution in [0.15, 0.2) is 0 Å². The van der Waals surface area contributed by atoms with E-state index in [-0.39, 0.29) is 206 Å². The molecule has 0 aliphatic carbocycles. The summed E-state index contributed by atoms with van der Waals surface area (Å²) < 4.78 is 85.4. The molecule has 0 bridgehead atoms. The van der Waals surface area contributed by atoms with Gasteiger partial charge in [0.1, 0.15) is 0 Å². The Morgan fingerprint density at radius 2 is 0.267 bits per heavy atom. The molecule has 578 valence electrons. The van der Waals surface area contributed by atoms with Gasteiger partial charge in [0.25, 0.3) is 0 Å². The molecule has 0 atom stereocenters. The van der Waals surface area contributed by atoms with Gasteiger partial charge in [0, 0.05) is 0 Å². The molecular formula is C73H186O16U. The van der Waals surface area contributed by atoms with Crippen LogP contribution in [-0.4, -0.2) is 207 Å². The third-order valence-corrected chi connectivity index (χ3v) is 7.82. The van der Waals surface area contributed by atoms with Crippen LogP contribution in [0.1, 0.15) is 264 Å². The van der Waals surface area contributed by atoms with Crippen LogP contribution >= 0.6 is 0 Å². The molecule has 90 heavy (non-hydrogen) atoms. The number of unbranched alkanes of at least 4 members (excludes halogenated alkanes) is 1. The molecule has 0 N–H and O–H groups in total. The molecule has 0 fully saturated rings. The second-order valence-electron chi connectivity index (χ2n) is 18.1. The van der Waals surface area contributed by atoms with Crippen molar-refractivity contribution in [1.82, 2.24) is 0 Å². The van der Waals surface area contributed by atoms with E-state index in [0.717, 1.165) is 0 Å². The third-order valence-electron chi connectivity index (χ3n) is 7.82. The van der Waals surface area contributed by atoms with Crippen LogP contribution in [0.3, 0.4) is 0 Å². The van der Waals surface area contributed by atoms with Crippen molar-refractivity contribution in [1.29, 1.82) is 0 Å². The van der Waals surface area contributed by atoms with Crippen LogP contribution in [0.4, 0.5) is 0 Å². The molecular weight excluding hydrogens is 1370 g/mol. The molecule has 0 spiro atoms. The van der Waals surface area contributed by atoms with Crippen molar-refractivity contribution in [3.05, 3.63) is 25.7 Å². The molecule has 0 radical (unpaired) electrons. The Bertz CT molecular complexity index is 709. The first kappa shape index (κ1) is 159. The van der Waals surface area contributed by atoms with Crippen molar-refractivity contribution >= 4 is 0 Å². The van der Waals surface area contributed by atoms with Crippen LogP contribution < -0.4 is 0 Å². The van der Waals surface area contributed by atoms with E-state index in [1.165, 1.54) is 12.8 Å². The molecule has 0 saturated carbocycles. The normalized spacial score (nSPS) is 9.13. The van der Waals surface area contributed by atoms with Crippen LogP contribution in [0.2, 0.25) is 0 Å². The molecule has 0 saturated heterocycles. The molecule has 0 heterocycles. The SMILES string of the molecule is C.C.C.C.C.C.C.C.C.C.C.C.C.C.C.C.C.CC(C)OCCOC[CH-]COCCOC(C)C.CC(C)OCCOC[CH-]COCCOC(C)C.CC(C)OCCOC[CH-]COCCOC(C)C.CC(C)OCCOC[CH-]COCCOC(C)C.CCCC.[U+4]. The number of rotatable bonds is 49. The van der Waals surface area contributed by atoms with Gasteiger partial charge < -0.3 is 75.8 Å². The summed E-state index contributed by atoms with van der Waals surface area (Å²) >= 11 is 0. The maximum Gasteiger partial charge on any atom is 4.00 e. The number of ether oxygens (including phenoxy) is 16. The predicted octanol–water partition coefficient (Wildman–Crippen LogP) is 20.9. The van der Waals surface area contributed by atoms with Crippen LogP contribution in [0, 0.1) is 56.8 Å².